The number of hydrogen-bond acceptors (Lipinski definition) is 4. The highest BCUT2D eigenvalue weighted by Crippen LogP contribution is 2.27. The molecule has 2 aromatic heterocycles. The predicted octanol–water partition coefficient (Wildman–Crippen LogP) is 3.53. The van der Waals surface area contributed by atoms with Gasteiger partial charge in [-0.05, 0) is 46.6 Å². The summed E-state index contributed by atoms with van der Waals surface area (Å²) in [4.78, 5) is 18.9. The van der Waals surface area contributed by atoms with E-state index in [9.17, 15) is 4.79 Å². The lowest BCUT2D eigenvalue weighted by Crippen LogP contribution is -2.12. The van der Waals surface area contributed by atoms with Gasteiger partial charge in [-0.2, -0.15) is 0 Å². The predicted molar refractivity (Wildman–Crippen MR) is 83.3 cm³/mol. The van der Waals surface area contributed by atoms with Gasteiger partial charge < -0.3 is 10.2 Å². The minimum absolute atomic E-state index is 0.113. The van der Waals surface area contributed by atoms with E-state index in [0.717, 1.165) is 15.2 Å². The number of aromatic nitrogens is 1. The van der Waals surface area contributed by atoms with Gasteiger partial charge in [0.2, 0.25) is 0 Å². The van der Waals surface area contributed by atoms with Gasteiger partial charge in [-0.25, -0.2) is 4.98 Å². The summed E-state index contributed by atoms with van der Waals surface area (Å²) in [7, 11) is 3.85. The maximum absolute atomic E-state index is 12.0. The van der Waals surface area contributed by atoms with Gasteiger partial charge in [0.05, 0.1) is 20.5 Å². The third-order valence-corrected chi connectivity index (χ3v) is 4.68. The molecule has 4 nitrogen and oxygen atoms in total. The molecule has 0 saturated carbocycles. The number of halogens is 1. The van der Waals surface area contributed by atoms with Gasteiger partial charge in [-0.1, -0.05) is 0 Å². The third-order valence-electron chi connectivity index (χ3n) is 2.54. The molecular formula is C13H14BrN3OS. The number of pyridine rings is 1. The Morgan fingerprint density at radius 1 is 1.42 bits per heavy atom. The molecule has 0 spiro atoms. The summed E-state index contributed by atoms with van der Waals surface area (Å²) in [6.07, 6.45) is 1.66. The standard InChI is InChI=1S/C13H14BrN3OS/c1-8-6-10(19-12(8)14)13(18)16-9-4-5-11(15-7-9)17(2)3/h4-7H,1-3H3,(H,16,18). The van der Waals surface area contributed by atoms with Crippen LogP contribution in [0, 0.1) is 6.92 Å². The molecule has 1 amide bonds. The van der Waals surface area contributed by atoms with Crippen molar-refractivity contribution in [2.75, 3.05) is 24.3 Å². The van der Waals surface area contributed by atoms with E-state index >= 15 is 0 Å². The molecule has 0 aliphatic carbocycles. The number of nitrogens with zero attached hydrogens (tertiary/aromatic N) is 2. The van der Waals surface area contributed by atoms with Crippen LogP contribution in [0.3, 0.4) is 0 Å². The van der Waals surface area contributed by atoms with Crippen LogP contribution in [-0.2, 0) is 0 Å². The Labute approximate surface area is 124 Å². The maximum Gasteiger partial charge on any atom is 0.265 e. The number of hydrogen-bond donors (Lipinski definition) is 1. The van der Waals surface area contributed by atoms with E-state index < -0.39 is 0 Å². The number of amides is 1. The monoisotopic (exact) mass is 339 g/mol. The van der Waals surface area contributed by atoms with Crippen molar-refractivity contribution >= 4 is 44.7 Å². The fraction of sp³-hybridized carbons (Fsp3) is 0.231. The first kappa shape index (κ1) is 14.0. The van der Waals surface area contributed by atoms with Gasteiger partial charge in [0.1, 0.15) is 5.82 Å². The van der Waals surface area contributed by atoms with Crippen molar-refractivity contribution in [3.05, 3.63) is 38.6 Å². The van der Waals surface area contributed by atoms with Crippen molar-refractivity contribution in [2.24, 2.45) is 0 Å². The Morgan fingerprint density at radius 2 is 2.16 bits per heavy atom. The lowest BCUT2D eigenvalue weighted by molar-refractivity contribution is 0.103. The van der Waals surface area contributed by atoms with Crippen molar-refractivity contribution in [1.29, 1.82) is 0 Å². The molecule has 0 radical (unpaired) electrons. The van der Waals surface area contributed by atoms with Gasteiger partial charge in [-0.15, -0.1) is 11.3 Å². The third kappa shape index (κ3) is 3.33. The lowest BCUT2D eigenvalue weighted by atomic mass is 10.3. The summed E-state index contributed by atoms with van der Waals surface area (Å²) >= 11 is 4.84. The molecule has 0 aromatic carbocycles. The second-order valence-electron chi connectivity index (χ2n) is 4.32. The maximum atomic E-state index is 12.0. The van der Waals surface area contributed by atoms with Crippen LogP contribution >= 0.6 is 27.3 Å². The highest BCUT2D eigenvalue weighted by molar-refractivity contribution is 9.11. The zero-order valence-electron chi connectivity index (χ0n) is 10.9. The van der Waals surface area contributed by atoms with Crippen LogP contribution in [0.4, 0.5) is 11.5 Å². The molecule has 1 N–H and O–H groups in total. The van der Waals surface area contributed by atoms with Crippen molar-refractivity contribution in [2.45, 2.75) is 6.92 Å². The fourth-order valence-electron chi connectivity index (χ4n) is 1.49. The first-order valence-corrected chi connectivity index (χ1v) is 7.29. The average molecular weight is 340 g/mol. The number of nitrogens with one attached hydrogen (secondary N) is 1. The molecule has 0 fully saturated rings. The van der Waals surface area contributed by atoms with E-state index in [1.807, 2.05) is 44.1 Å². The topological polar surface area (TPSA) is 45.2 Å². The zero-order chi connectivity index (χ0) is 14.0. The van der Waals surface area contributed by atoms with E-state index in [0.29, 0.717) is 10.6 Å². The summed E-state index contributed by atoms with van der Waals surface area (Å²) in [6.45, 7) is 1.96. The van der Waals surface area contributed by atoms with E-state index in [2.05, 4.69) is 26.2 Å². The molecule has 2 heterocycles. The van der Waals surface area contributed by atoms with Crippen molar-refractivity contribution in [3.63, 3.8) is 0 Å². The van der Waals surface area contributed by atoms with Crippen LogP contribution < -0.4 is 10.2 Å². The SMILES string of the molecule is Cc1cc(C(=O)Nc2ccc(N(C)C)nc2)sc1Br. The normalized spacial score (nSPS) is 10.3. The fourth-order valence-corrected chi connectivity index (χ4v) is 2.92. The Kier molecular flexibility index (Phi) is 4.21. The average Bonchev–Trinajstić information content (AvgIpc) is 2.70. The summed E-state index contributed by atoms with van der Waals surface area (Å²) in [6, 6.07) is 5.58. The Bertz CT molecular complexity index is 573. The van der Waals surface area contributed by atoms with Crippen LogP contribution in [0.1, 0.15) is 15.2 Å². The quantitative estimate of drug-likeness (QED) is 0.930. The van der Waals surface area contributed by atoms with Crippen LogP contribution in [0.25, 0.3) is 0 Å². The molecular weight excluding hydrogens is 326 g/mol. The molecule has 2 rings (SSSR count). The lowest BCUT2D eigenvalue weighted by Gasteiger charge is -2.11. The molecule has 0 atom stereocenters. The number of anilines is 2. The minimum Gasteiger partial charge on any atom is -0.363 e. The Hall–Kier alpha value is -1.40. The first-order chi connectivity index (χ1) is 8.97. The van der Waals surface area contributed by atoms with E-state index in [4.69, 9.17) is 0 Å². The molecule has 19 heavy (non-hydrogen) atoms. The van der Waals surface area contributed by atoms with Crippen LogP contribution in [0.15, 0.2) is 28.2 Å². The summed E-state index contributed by atoms with van der Waals surface area (Å²) in [5.74, 6) is 0.742. The minimum atomic E-state index is -0.113. The molecule has 0 aliphatic rings. The van der Waals surface area contributed by atoms with E-state index in [-0.39, 0.29) is 5.91 Å². The van der Waals surface area contributed by atoms with Gasteiger partial charge >= 0.3 is 0 Å². The zero-order valence-corrected chi connectivity index (χ0v) is 13.3. The first-order valence-electron chi connectivity index (χ1n) is 5.68. The number of rotatable bonds is 3. The summed E-state index contributed by atoms with van der Waals surface area (Å²) in [5.41, 5.74) is 1.76. The Morgan fingerprint density at radius 3 is 2.63 bits per heavy atom. The molecule has 2 aromatic rings. The van der Waals surface area contributed by atoms with Gasteiger partial charge in [0, 0.05) is 14.1 Å². The highest BCUT2D eigenvalue weighted by Gasteiger charge is 2.11. The van der Waals surface area contributed by atoms with Crippen LogP contribution in [0.5, 0.6) is 0 Å². The second-order valence-corrected chi connectivity index (χ2v) is 6.69. The number of aryl methyl sites for hydroxylation is 1. The largest absolute Gasteiger partial charge is 0.363 e. The highest BCUT2D eigenvalue weighted by atomic mass is 79.9. The number of carbonyl (C=O) groups is 1. The molecule has 0 saturated heterocycles. The molecule has 0 aliphatic heterocycles. The van der Waals surface area contributed by atoms with Gasteiger partial charge in [0.25, 0.3) is 5.91 Å². The summed E-state index contributed by atoms with van der Waals surface area (Å²) in [5, 5.41) is 2.83. The van der Waals surface area contributed by atoms with Crippen LogP contribution in [0.2, 0.25) is 0 Å². The van der Waals surface area contributed by atoms with Gasteiger partial charge in [0.15, 0.2) is 0 Å². The van der Waals surface area contributed by atoms with Gasteiger partial charge in [-0.3, -0.25) is 4.79 Å². The smallest absolute Gasteiger partial charge is 0.265 e. The number of thiophene rings is 1. The number of carbonyl (C=O) groups excluding carboxylic acids is 1. The van der Waals surface area contributed by atoms with Crippen molar-refractivity contribution < 1.29 is 4.79 Å². The molecule has 6 heteroatoms. The van der Waals surface area contributed by atoms with E-state index in [1.54, 1.807) is 6.20 Å². The van der Waals surface area contributed by atoms with Crippen molar-refractivity contribution in [3.8, 4) is 0 Å². The van der Waals surface area contributed by atoms with Crippen molar-refractivity contribution in [1.82, 2.24) is 4.98 Å². The van der Waals surface area contributed by atoms with Crippen LogP contribution in [-0.4, -0.2) is 25.0 Å². The molecule has 0 bridgehead atoms. The molecule has 100 valence electrons. The Balaban J connectivity index is 2.10. The summed E-state index contributed by atoms with van der Waals surface area (Å²) < 4.78 is 0.985. The molecule has 0 unspecified atom stereocenters. The van der Waals surface area contributed by atoms with E-state index in [1.165, 1.54) is 11.3 Å². The second kappa shape index (κ2) is 5.71.